The van der Waals surface area contributed by atoms with Gasteiger partial charge in [-0.1, -0.05) is 17.7 Å². The summed E-state index contributed by atoms with van der Waals surface area (Å²) in [6.45, 7) is 2.40. The third-order valence-electron chi connectivity index (χ3n) is 3.43. The molecule has 1 heterocycles. The Morgan fingerprint density at radius 1 is 1.43 bits per heavy atom. The van der Waals surface area contributed by atoms with Gasteiger partial charge >= 0.3 is 12.0 Å². The molecule has 1 aromatic rings. The Morgan fingerprint density at radius 2 is 2.14 bits per heavy atom. The summed E-state index contributed by atoms with van der Waals surface area (Å²) >= 11 is 5.85. The second kappa shape index (κ2) is 5.91. The van der Waals surface area contributed by atoms with Crippen molar-refractivity contribution in [1.82, 2.24) is 4.90 Å². The number of hydrogen-bond acceptors (Lipinski definition) is 3. The first-order valence-electron chi connectivity index (χ1n) is 6.60. The van der Waals surface area contributed by atoms with E-state index in [-0.39, 0.29) is 22.8 Å². The molecule has 1 fully saturated rings. The van der Waals surface area contributed by atoms with E-state index in [0.29, 0.717) is 19.4 Å². The van der Waals surface area contributed by atoms with Crippen molar-refractivity contribution in [3.8, 4) is 0 Å². The molecule has 6 nitrogen and oxygen atoms in total. The fraction of sp³-hybridized carbons (Fsp3) is 0.429. The summed E-state index contributed by atoms with van der Waals surface area (Å²) in [5.41, 5.74) is -0.916. The Morgan fingerprint density at radius 3 is 2.76 bits per heavy atom. The molecule has 2 amide bonds. The zero-order chi connectivity index (χ0) is 15.6. The van der Waals surface area contributed by atoms with Gasteiger partial charge in [-0.2, -0.15) is 0 Å². The van der Waals surface area contributed by atoms with Crippen LogP contribution in [0.1, 0.15) is 30.1 Å². The molecule has 1 aliphatic heterocycles. The summed E-state index contributed by atoms with van der Waals surface area (Å²) in [5.74, 6) is -1.21. The van der Waals surface area contributed by atoms with Gasteiger partial charge in [0.25, 0.3) is 0 Å². The number of benzene rings is 1. The van der Waals surface area contributed by atoms with Crippen LogP contribution in [-0.2, 0) is 0 Å². The number of amides is 2. The Bertz CT molecular complexity index is 574. The van der Waals surface area contributed by atoms with Crippen LogP contribution in [0.25, 0.3) is 0 Å². The Kier molecular flexibility index (Phi) is 4.39. The van der Waals surface area contributed by atoms with Gasteiger partial charge in [0.2, 0.25) is 0 Å². The molecule has 2 rings (SSSR count). The van der Waals surface area contributed by atoms with E-state index in [1.165, 1.54) is 17.0 Å². The number of piperidine rings is 1. The van der Waals surface area contributed by atoms with Crippen LogP contribution < -0.4 is 5.32 Å². The van der Waals surface area contributed by atoms with Crippen LogP contribution in [-0.4, -0.2) is 45.8 Å². The van der Waals surface area contributed by atoms with E-state index in [0.717, 1.165) is 0 Å². The first-order chi connectivity index (χ1) is 9.80. The second-order valence-electron chi connectivity index (χ2n) is 5.42. The van der Waals surface area contributed by atoms with Crippen molar-refractivity contribution in [3.63, 3.8) is 0 Å². The lowest BCUT2D eigenvalue weighted by molar-refractivity contribution is -0.000647. The third kappa shape index (κ3) is 3.65. The molecule has 1 unspecified atom stereocenters. The van der Waals surface area contributed by atoms with Gasteiger partial charge in [-0.05, 0) is 31.9 Å². The number of aromatic carboxylic acids is 1. The summed E-state index contributed by atoms with van der Waals surface area (Å²) in [5, 5.41) is 21.8. The predicted molar refractivity (Wildman–Crippen MR) is 78.9 cm³/mol. The quantitative estimate of drug-likeness (QED) is 0.782. The third-order valence-corrected chi connectivity index (χ3v) is 3.75. The van der Waals surface area contributed by atoms with Crippen molar-refractivity contribution in [2.24, 2.45) is 0 Å². The SMILES string of the molecule is CC1(O)CCCN(C(=O)Nc2cccc(Cl)c2C(=O)O)C1. The van der Waals surface area contributed by atoms with Crippen LogP contribution in [0.4, 0.5) is 10.5 Å². The number of carboxylic acids is 1. The smallest absolute Gasteiger partial charge is 0.339 e. The number of β-amino-alcohol motifs (C(OH)–C–C–N with tert-alkyl or cyclic N) is 1. The van der Waals surface area contributed by atoms with Crippen LogP contribution >= 0.6 is 11.6 Å². The molecule has 1 aromatic carbocycles. The molecule has 0 spiro atoms. The molecule has 1 atom stereocenters. The fourth-order valence-electron chi connectivity index (χ4n) is 2.43. The number of urea groups is 1. The molecule has 7 heteroatoms. The van der Waals surface area contributed by atoms with E-state index in [4.69, 9.17) is 16.7 Å². The van der Waals surface area contributed by atoms with Crippen LogP contribution in [0.2, 0.25) is 5.02 Å². The maximum absolute atomic E-state index is 12.2. The zero-order valence-electron chi connectivity index (χ0n) is 11.6. The van der Waals surface area contributed by atoms with Crippen LogP contribution in [0, 0.1) is 0 Å². The molecule has 0 aromatic heterocycles. The number of nitrogens with one attached hydrogen (secondary N) is 1. The molecule has 0 saturated carbocycles. The van der Waals surface area contributed by atoms with Crippen LogP contribution in [0.3, 0.4) is 0 Å². The number of likely N-dealkylation sites (tertiary alicyclic amines) is 1. The summed E-state index contributed by atoms with van der Waals surface area (Å²) < 4.78 is 0. The number of carbonyl (C=O) groups is 2. The van der Waals surface area contributed by atoms with Gasteiger partial charge in [-0.25, -0.2) is 9.59 Å². The molecule has 21 heavy (non-hydrogen) atoms. The lowest BCUT2D eigenvalue weighted by atomic mass is 9.95. The topological polar surface area (TPSA) is 89.9 Å². The first-order valence-corrected chi connectivity index (χ1v) is 6.98. The Hall–Kier alpha value is -1.79. The molecule has 1 saturated heterocycles. The zero-order valence-corrected chi connectivity index (χ0v) is 12.4. The largest absolute Gasteiger partial charge is 0.478 e. The molecule has 3 N–H and O–H groups in total. The number of carboxylic acid groups (broad SMARTS) is 1. The predicted octanol–water partition coefficient (Wildman–Crippen LogP) is 2.42. The Labute approximate surface area is 127 Å². The average Bonchev–Trinajstić information content (AvgIpc) is 2.37. The van der Waals surface area contributed by atoms with Gasteiger partial charge < -0.3 is 20.4 Å². The lowest BCUT2D eigenvalue weighted by Crippen LogP contribution is -2.50. The van der Waals surface area contributed by atoms with Gasteiger partial charge in [0.15, 0.2) is 0 Å². The van der Waals surface area contributed by atoms with Crippen molar-refractivity contribution in [1.29, 1.82) is 0 Å². The molecular formula is C14H17ClN2O4. The summed E-state index contributed by atoms with van der Waals surface area (Å²) in [6, 6.07) is 4.05. The highest BCUT2D eigenvalue weighted by atomic mass is 35.5. The highest BCUT2D eigenvalue weighted by Crippen LogP contribution is 2.26. The van der Waals surface area contributed by atoms with E-state index in [1.807, 2.05) is 0 Å². The van der Waals surface area contributed by atoms with Crippen molar-refractivity contribution >= 4 is 29.3 Å². The van der Waals surface area contributed by atoms with E-state index < -0.39 is 17.6 Å². The van der Waals surface area contributed by atoms with Gasteiger partial charge in [-0.15, -0.1) is 0 Å². The number of hydrogen-bond donors (Lipinski definition) is 3. The van der Waals surface area contributed by atoms with Crippen molar-refractivity contribution in [2.45, 2.75) is 25.4 Å². The maximum atomic E-state index is 12.2. The number of halogens is 1. The molecular weight excluding hydrogens is 296 g/mol. The maximum Gasteiger partial charge on any atom is 0.339 e. The number of anilines is 1. The minimum Gasteiger partial charge on any atom is -0.478 e. The van der Waals surface area contributed by atoms with Crippen molar-refractivity contribution in [2.75, 3.05) is 18.4 Å². The molecule has 0 aliphatic carbocycles. The summed E-state index contributed by atoms with van der Waals surface area (Å²) in [6.07, 6.45) is 1.33. The molecule has 0 bridgehead atoms. The standard InChI is InChI=1S/C14H17ClN2O4/c1-14(21)6-3-7-17(8-14)13(20)16-10-5-2-4-9(15)11(10)12(18)19/h2,4-5,21H,3,6-8H2,1H3,(H,16,20)(H,18,19). The minimum atomic E-state index is -1.21. The average molecular weight is 313 g/mol. The number of aliphatic hydroxyl groups is 1. The van der Waals surface area contributed by atoms with Crippen LogP contribution in [0.5, 0.6) is 0 Å². The number of carbonyl (C=O) groups excluding carboxylic acids is 1. The highest BCUT2D eigenvalue weighted by molar-refractivity contribution is 6.34. The molecule has 0 radical (unpaired) electrons. The van der Waals surface area contributed by atoms with Crippen molar-refractivity contribution < 1.29 is 19.8 Å². The molecule has 114 valence electrons. The van der Waals surface area contributed by atoms with Gasteiger partial charge in [0.05, 0.1) is 22.9 Å². The number of nitrogens with zero attached hydrogens (tertiary/aromatic N) is 1. The monoisotopic (exact) mass is 312 g/mol. The first kappa shape index (κ1) is 15.6. The van der Waals surface area contributed by atoms with Gasteiger partial charge in [0, 0.05) is 6.54 Å². The fourth-order valence-corrected chi connectivity index (χ4v) is 2.69. The normalized spacial score (nSPS) is 22.0. The summed E-state index contributed by atoms with van der Waals surface area (Å²) in [4.78, 5) is 24.9. The van der Waals surface area contributed by atoms with Gasteiger partial charge in [-0.3, -0.25) is 0 Å². The van der Waals surface area contributed by atoms with Crippen LogP contribution in [0.15, 0.2) is 18.2 Å². The van der Waals surface area contributed by atoms with E-state index in [1.54, 1.807) is 13.0 Å². The van der Waals surface area contributed by atoms with E-state index in [2.05, 4.69) is 5.32 Å². The number of rotatable bonds is 2. The summed E-state index contributed by atoms with van der Waals surface area (Å²) in [7, 11) is 0. The second-order valence-corrected chi connectivity index (χ2v) is 5.83. The van der Waals surface area contributed by atoms with E-state index in [9.17, 15) is 14.7 Å². The molecule has 1 aliphatic rings. The van der Waals surface area contributed by atoms with E-state index >= 15 is 0 Å². The lowest BCUT2D eigenvalue weighted by Gasteiger charge is -2.36. The van der Waals surface area contributed by atoms with Gasteiger partial charge in [0.1, 0.15) is 5.56 Å². The Balaban J connectivity index is 2.17. The highest BCUT2D eigenvalue weighted by Gasteiger charge is 2.31. The van der Waals surface area contributed by atoms with Crippen molar-refractivity contribution in [3.05, 3.63) is 28.8 Å². The minimum absolute atomic E-state index is 0.0611.